The lowest BCUT2D eigenvalue weighted by atomic mass is 10.1. The highest BCUT2D eigenvalue weighted by Crippen LogP contribution is 2.60. The van der Waals surface area contributed by atoms with E-state index in [0.717, 1.165) is 25.7 Å². The number of unbranched alkanes of at least 4 members (excludes halogenated alkanes) is 10. The number of nitrogens with one attached hydrogen (secondary N) is 2. The summed E-state index contributed by atoms with van der Waals surface area (Å²) in [7, 11) is -2.12. The predicted molar refractivity (Wildman–Crippen MR) is 127 cm³/mol. The van der Waals surface area contributed by atoms with Gasteiger partial charge in [-0.3, -0.25) is 10.9 Å². The summed E-state index contributed by atoms with van der Waals surface area (Å²) in [5.41, 5.74) is 4.50. The van der Waals surface area contributed by atoms with E-state index in [9.17, 15) is 10.2 Å². The molecule has 0 amide bonds. The maximum atomic E-state index is 11.0. The molecule has 1 heterocycles. The van der Waals surface area contributed by atoms with Crippen LogP contribution in [-0.4, -0.2) is 29.7 Å². The third-order valence-electron chi connectivity index (χ3n) is 5.35. The van der Waals surface area contributed by atoms with Crippen molar-refractivity contribution in [2.45, 2.75) is 115 Å². The topological polar surface area (TPSA) is 64.5 Å². The Labute approximate surface area is 178 Å². The molecule has 0 aliphatic carbocycles. The van der Waals surface area contributed by atoms with Crippen LogP contribution in [0.4, 0.5) is 0 Å². The van der Waals surface area contributed by atoms with Crippen LogP contribution in [0.3, 0.4) is 0 Å². The fraction of sp³-hybridized carbons (Fsp3) is 0.900. The first-order chi connectivity index (χ1) is 13.0. The van der Waals surface area contributed by atoms with Gasteiger partial charge in [-0.2, -0.15) is 0 Å². The number of hydrogen-bond donors (Lipinski definition) is 4. The van der Waals surface area contributed by atoms with Gasteiger partial charge in [0.1, 0.15) is 8.64 Å². The van der Waals surface area contributed by atoms with Crippen molar-refractivity contribution in [1.29, 1.82) is 0 Å². The fourth-order valence-electron chi connectivity index (χ4n) is 3.60. The molecule has 1 rings (SSSR count). The lowest BCUT2D eigenvalue weighted by Crippen LogP contribution is -2.36. The Hall–Kier alpha value is 0.0500. The molecule has 0 aromatic carbocycles. The second kappa shape index (κ2) is 14.1. The van der Waals surface area contributed by atoms with Gasteiger partial charge in [-0.25, -0.2) is 0 Å². The quantitative estimate of drug-likeness (QED) is 0.186. The Kier molecular flexibility index (Phi) is 13.1. The van der Waals surface area contributed by atoms with E-state index in [0.29, 0.717) is 21.5 Å². The van der Waals surface area contributed by atoms with Gasteiger partial charge in [0.2, 0.25) is 0 Å². The first kappa shape index (κ1) is 25.1. The predicted octanol–water partition coefficient (Wildman–Crippen LogP) is 5.61. The Morgan fingerprint density at radius 2 is 1.00 bits per heavy atom. The van der Waals surface area contributed by atoms with Gasteiger partial charge >= 0.3 is 0 Å². The third kappa shape index (κ3) is 7.42. The van der Waals surface area contributed by atoms with Gasteiger partial charge < -0.3 is 10.2 Å². The minimum Gasteiger partial charge on any atom is -0.383 e. The second-order valence-corrected chi connectivity index (χ2v) is 12.2. The summed E-state index contributed by atoms with van der Waals surface area (Å²) in [4.78, 5) is 0. The van der Waals surface area contributed by atoms with E-state index >= 15 is 0 Å². The highest BCUT2D eigenvalue weighted by atomic mass is 32.3. The zero-order chi connectivity index (χ0) is 20.1. The van der Waals surface area contributed by atoms with Gasteiger partial charge in [-0.15, -0.1) is 0 Å². The lowest BCUT2D eigenvalue weighted by Gasteiger charge is -2.42. The lowest BCUT2D eigenvalue weighted by molar-refractivity contribution is 0.215. The van der Waals surface area contributed by atoms with Crippen molar-refractivity contribution in [3.8, 4) is 0 Å². The van der Waals surface area contributed by atoms with Crippen LogP contribution in [0.2, 0.25) is 0 Å². The molecule has 1 aliphatic heterocycles. The van der Waals surface area contributed by atoms with Crippen LogP contribution in [0.1, 0.15) is 104 Å². The summed E-state index contributed by atoms with van der Waals surface area (Å²) in [6, 6.07) is 0. The normalized spacial score (nSPS) is 19.4. The Morgan fingerprint density at radius 3 is 1.37 bits per heavy atom. The van der Waals surface area contributed by atoms with Crippen molar-refractivity contribution < 1.29 is 10.2 Å². The van der Waals surface area contributed by atoms with Crippen LogP contribution in [0.25, 0.3) is 0 Å². The smallest absolute Gasteiger partial charge is 0.145 e. The molecule has 7 heteroatoms. The van der Waals surface area contributed by atoms with Crippen molar-refractivity contribution in [3.05, 3.63) is 0 Å². The van der Waals surface area contributed by atoms with Crippen molar-refractivity contribution in [2.75, 3.05) is 0 Å². The monoisotopic (exact) mass is 436 g/mol. The van der Waals surface area contributed by atoms with Crippen LogP contribution in [0.5, 0.6) is 0 Å². The molecule has 0 radical (unpaired) electrons. The zero-order valence-corrected chi connectivity index (χ0v) is 19.6. The minimum atomic E-state index is -2.12. The summed E-state index contributed by atoms with van der Waals surface area (Å²) in [6.45, 7) is 4.42. The largest absolute Gasteiger partial charge is 0.383 e. The number of thiocarbonyl (C=S) groups is 2. The molecule has 4 N–H and O–H groups in total. The highest BCUT2D eigenvalue weighted by Gasteiger charge is 2.49. The van der Waals surface area contributed by atoms with Gasteiger partial charge in [-0.1, -0.05) is 125 Å². The van der Waals surface area contributed by atoms with E-state index in [2.05, 4.69) is 24.7 Å². The zero-order valence-electron chi connectivity index (χ0n) is 17.2. The molecular weight excluding hydrogens is 396 g/mol. The highest BCUT2D eigenvalue weighted by molar-refractivity contribution is 8.63. The van der Waals surface area contributed by atoms with Gasteiger partial charge in [0.05, 0.1) is 10.9 Å². The van der Waals surface area contributed by atoms with Crippen LogP contribution < -0.4 is 10.9 Å². The summed E-state index contributed by atoms with van der Waals surface area (Å²) in [5.74, 6) is 0. The summed E-state index contributed by atoms with van der Waals surface area (Å²) in [6.07, 6.45) is 15.4. The Morgan fingerprint density at radius 1 is 0.667 bits per heavy atom. The van der Waals surface area contributed by atoms with Gasteiger partial charge in [0, 0.05) is 0 Å². The molecule has 27 heavy (non-hydrogen) atoms. The van der Waals surface area contributed by atoms with Gasteiger partial charge in [-0.05, 0) is 12.8 Å². The van der Waals surface area contributed by atoms with E-state index in [1.807, 2.05) is 0 Å². The van der Waals surface area contributed by atoms with Crippen LogP contribution >= 0.6 is 34.5 Å². The van der Waals surface area contributed by atoms with Gasteiger partial charge in [0.25, 0.3) is 0 Å². The van der Waals surface area contributed by atoms with E-state index in [1.54, 1.807) is 0 Å². The van der Waals surface area contributed by atoms with E-state index in [4.69, 9.17) is 24.4 Å². The van der Waals surface area contributed by atoms with Gasteiger partial charge in [0.15, 0.2) is 0 Å². The number of rotatable bonds is 16. The van der Waals surface area contributed by atoms with Crippen LogP contribution in [0, 0.1) is 0 Å². The SMILES string of the molecule is CCCCCCCCC(O)S1(C(O)CCCCCCCC)C(=S)NNC1=S. The first-order valence-corrected chi connectivity index (χ1v) is 13.4. The molecule has 0 bridgehead atoms. The molecule has 0 aromatic rings. The van der Waals surface area contributed by atoms with Crippen molar-refractivity contribution in [3.63, 3.8) is 0 Å². The van der Waals surface area contributed by atoms with E-state index in [-0.39, 0.29) is 0 Å². The summed E-state index contributed by atoms with van der Waals surface area (Å²) < 4.78 is 1.04. The minimum absolute atomic E-state index is 0.518. The first-order valence-electron chi connectivity index (χ1n) is 10.8. The summed E-state index contributed by atoms with van der Waals surface area (Å²) >= 11 is 11.0. The fourth-order valence-corrected chi connectivity index (χ4v) is 8.73. The van der Waals surface area contributed by atoms with Crippen molar-refractivity contribution >= 4 is 43.1 Å². The number of aliphatic hydroxyl groups excluding tert-OH is 2. The molecule has 0 spiro atoms. The average Bonchev–Trinajstić information content (AvgIpc) is 2.96. The second-order valence-electron chi connectivity index (χ2n) is 7.56. The molecule has 0 saturated carbocycles. The molecular formula is C20H40N2O2S3. The molecule has 0 aromatic heterocycles. The molecule has 2 unspecified atom stereocenters. The molecule has 2 atom stereocenters. The summed E-state index contributed by atoms with van der Waals surface area (Å²) in [5, 5.41) is 22.0. The standard InChI is InChI=1S/C20H40N2O2S3/c1-3-5-7-9-11-13-15-17(23)27(19(25)21-22-20(27)26)18(24)16-14-12-10-8-6-4-2/h17-18,23-24H,3-16H2,1-2H3,(H,21,25)(H,22,26). The molecule has 1 aliphatic rings. The maximum absolute atomic E-state index is 11.0. The van der Waals surface area contributed by atoms with E-state index < -0.39 is 20.9 Å². The van der Waals surface area contributed by atoms with Crippen LogP contribution in [0.15, 0.2) is 0 Å². The number of hydrazine groups is 1. The third-order valence-corrected chi connectivity index (χ3v) is 10.8. The van der Waals surface area contributed by atoms with E-state index in [1.165, 1.54) is 51.4 Å². The van der Waals surface area contributed by atoms with Crippen LogP contribution in [-0.2, 0) is 0 Å². The Balaban J connectivity index is 2.56. The van der Waals surface area contributed by atoms with Crippen molar-refractivity contribution in [1.82, 2.24) is 10.9 Å². The molecule has 160 valence electrons. The Bertz CT molecular complexity index is 409. The maximum Gasteiger partial charge on any atom is 0.145 e. The molecule has 1 saturated heterocycles. The average molecular weight is 437 g/mol. The van der Waals surface area contributed by atoms with Crippen molar-refractivity contribution in [2.24, 2.45) is 0 Å². The molecule has 1 fully saturated rings. The molecule has 4 nitrogen and oxygen atoms in total. The number of aliphatic hydroxyl groups is 2. The number of hydrogen-bond acceptors (Lipinski definition) is 4.